The highest BCUT2D eigenvalue weighted by Gasteiger charge is 2.21. The SMILES string of the molecule is CCCC1CCNC(CC(N)=O)C1. The van der Waals surface area contributed by atoms with E-state index in [0.29, 0.717) is 12.5 Å². The Morgan fingerprint density at radius 2 is 2.38 bits per heavy atom. The van der Waals surface area contributed by atoms with Gasteiger partial charge in [0.25, 0.3) is 0 Å². The molecular formula is C10H20N2O. The first kappa shape index (κ1) is 10.5. The Morgan fingerprint density at radius 3 is 3.00 bits per heavy atom. The second-order valence-electron chi connectivity index (χ2n) is 4.00. The summed E-state index contributed by atoms with van der Waals surface area (Å²) in [5.41, 5.74) is 5.16. The van der Waals surface area contributed by atoms with Crippen molar-refractivity contribution in [2.75, 3.05) is 6.54 Å². The molecule has 1 aliphatic heterocycles. The zero-order valence-electron chi connectivity index (χ0n) is 8.38. The van der Waals surface area contributed by atoms with Crippen LogP contribution in [-0.4, -0.2) is 18.5 Å². The molecule has 0 saturated carbocycles. The van der Waals surface area contributed by atoms with Crippen molar-refractivity contribution in [2.24, 2.45) is 11.7 Å². The standard InChI is InChI=1S/C10H20N2O/c1-2-3-8-4-5-12-9(6-8)7-10(11)13/h8-9,12H,2-7H2,1H3,(H2,11,13). The lowest BCUT2D eigenvalue weighted by Gasteiger charge is -2.29. The maximum absolute atomic E-state index is 10.7. The van der Waals surface area contributed by atoms with Crippen molar-refractivity contribution in [3.05, 3.63) is 0 Å². The van der Waals surface area contributed by atoms with Gasteiger partial charge >= 0.3 is 0 Å². The van der Waals surface area contributed by atoms with Crippen LogP contribution in [0.4, 0.5) is 0 Å². The van der Waals surface area contributed by atoms with Gasteiger partial charge < -0.3 is 11.1 Å². The van der Waals surface area contributed by atoms with Crippen LogP contribution in [-0.2, 0) is 4.79 Å². The van der Waals surface area contributed by atoms with E-state index < -0.39 is 0 Å². The van der Waals surface area contributed by atoms with Gasteiger partial charge in [0.05, 0.1) is 0 Å². The van der Waals surface area contributed by atoms with E-state index in [0.717, 1.165) is 18.9 Å². The Bertz CT molecular complexity index is 168. The Labute approximate surface area is 80.1 Å². The highest BCUT2D eigenvalue weighted by atomic mass is 16.1. The van der Waals surface area contributed by atoms with Gasteiger partial charge in [-0.1, -0.05) is 19.8 Å². The van der Waals surface area contributed by atoms with E-state index in [2.05, 4.69) is 12.2 Å². The van der Waals surface area contributed by atoms with E-state index >= 15 is 0 Å². The van der Waals surface area contributed by atoms with Gasteiger partial charge in [-0.15, -0.1) is 0 Å². The molecule has 1 aliphatic rings. The fourth-order valence-corrected chi connectivity index (χ4v) is 2.16. The molecule has 0 aromatic rings. The van der Waals surface area contributed by atoms with Crippen LogP contribution in [0.5, 0.6) is 0 Å². The Balaban J connectivity index is 2.28. The average Bonchev–Trinajstić information content (AvgIpc) is 2.04. The van der Waals surface area contributed by atoms with Crippen LogP contribution in [0, 0.1) is 5.92 Å². The maximum atomic E-state index is 10.7. The van der Waals surface area contributed by atoms with Crippen molar-refractivity contribution < 1.29 is 4.79 Å². The number of rotatable bonds is 4. The van der Waals surface area contributed by atoms with E-state index in [4.69, 9.17) is 5.73 Å². The van der Waals surface area contributed by atoms with Crippen molar-refractivity contribution in [3.8, 4) is 0 Å². The summed E-state index contributed by atoms with van der Waals surface area (Å²) in [7, 11) is 0. The van der Waals surface area contributed by atoms with E-state index in [-0.39, 0.29) is 5.91 Å². The van der Waals surface area contributed by atoms with Crippen molar-refractivity contribution in [3.63, 3.8) is 0 Å². The van der Waals surface area contributed by atoms with Gasteiger partial charge in [0, 0.05) is 12.5 Å². The van der Waals surface area contributed by atoms with Crippen LogP contribution >= 0.6 is 0 Å². The smallest absolute Gasteiger partial charge is 0.218 e. The minimum atomic E-state index is -0.186. The summed E-state index contributed by atoms with van der Waals surface area (Å²) in [6, 6.07) is 0.336. The fraction of sp³-hybridized carbons (Fsp3) is 0.900. The lowest BCUT2D eigenvalue weighted by molar-refractivity contribution is -0.118. The summed E-state index contributed by atoms with van der Waals surface area (Å²) in [5.74, 6) is 0.616. The molecule has 2 unspecified atom stereocenters. The van der Waals surface area contributed by atoms with Crippen molar-refractivity contribution in [1.29, 1.82) is 0 Å². The highest BCUT2D eigenvalue weighted by molar-refractivity contribution is 5.74. The molecule has 3 heteroatoms. The monoisotopic (exact) mass is 184 g/mol. The second kappa shape index (κ2) is 5.22. The third-order valence-corrected chi connectivity index (χ3v) is 2.75. The molecule has 76 valence electrons. The van der Waals surface area contributed by atoms with Gasteiger partial charge in [-0.05, 0) is 25.3 Å². The molecule has 1 amide bonds. The molecular weight excluding hydrogens is 164 g/mol. The van der Waals surface area contributed by atoms with E-state index in [1.54, 1.807) is 0 Å². The molecule has 3 nitrogen and oxygen atoms in total. The molecule has 3 N–H and O–H groups in total. The third kappa shape index (κ3) is 3.77. The maximum Gasteiger partial charge on any atom is 0.218 e. The van der Waals surface area contributed by atoms with Crippen molar-refractivity contribution in [2.45, 2.75) is 45.1 Å². The van der Waals surface area contributed by atoms with Crippen LogP contribution in [0.25, 0.3) is 0 Å². The Kier molecular flexibility index (Phi) is 4.22. The van der Waals surface area contributed by atoms with Crippen LogP contribution in [0.1, 0.15) is 39.0 Å². The number of amides is 1. The van der Waals surface area contributed by atoms with Gasteiger partial charge in [-0.2, -0.15) is 0 Å². The number of carbonyl (C=O) groups excluding carboxylic acids is 1. The molecule has 0 aromatic carbocycles. The molecule has 1 saturated heterocycles. The molecule has 0 aliphatic carbocycles. The zero-order chi connectivity index (χ0) is 9.68. The minimum absolute atomic E-state index is 0.186. The van der Waals surface area contributed by atoms with E-state index in [1.807, 2.05) is 0 Å². The van der Waals surface area contributed by atoms with E-state index in [1.165, 1.54) is 19.3 Å². The summed E-state index contributed by atoms with van der Waals surface area (Å²) < 4.78 is 0. The molecule has 0 bridgehead atoms. The van der Waals surface area contributed by atoms with Crippen molar-refractivity contribution in [1.82, 2.24) is 5.32 Å². The number of carbonyl (C=O) groups is 1. The summed E-state index contributed by atoms with van der Waals surface area (Å²) in [5, 5.41) is 3.34. The van der Waals surface area contributed by atoms with Crippen LogP contribution in [0.15, 0.2) is 0 Å². The molecule has 0 aromatic heterocycles. The van der Waals surface area contributed by atoms with Crippen LogP contribution in [0.2, 0.25) is 0 Å². The molecule has 1 rings (SSSR count). The van der Waals surface area contributed by atoms with Gasteiger partial charge in [-0.3, -0.25) is 4.79 Å². The van der Waals surface area contributed by atoms with Crippen LogP contribution < -0.4 is 11.1 Å². The summed E-state index contributed by atoms with van der Waals surface area (Å²) in [6.45, 7) is 3.26. The average molecular weight is 184 g/mol. The van der Waals surface area contributed by atoms with Crippen LogP contribution in [0.3, 0.4) is 0 Å². The highest BCUT2D eigenvalue weighted by Crippen LogP contribution is 2.22. The lowest BCUT2D eigenvalue weighted by Crippen LogP contribution is -2.40. The second-order valence-corrected chi connectivity index (χ2v) is 4.00. The quantitative estimate of drug-likeness (QED) is 0.685. The molecule has 2 atom stereocenters. The summed E-state index contributed by atoms with van der Waals surface area (Å²) in [4.78, 5) is 10.7. The Morgan fingerprint density at radius 1 is 1.62 bits per heavy atom. The molecule has 1 fully saturated rings. The largest absolute Gasteiger partial charge is 0.370 e. The number of hydrogen-bond donors (Lipinski definition) is 2. The predicted molar refractivity (Wildman–Crippen MR) is 53.2 cm³/mol. The first-order chi connectivity index (χ1) is 6.22. The molecule has 1 heterocycles. The number of primary amides is 1. The van der Waals surface area contributed by atoms with Gasteiger partial charge in [0.15, 0.2) is 0 Å². The molecule has 0 radical (unpaired) electrons. The van der Waals surface area contributed by atoms with Gasteiger partial charge in [-0.25, -0.2) is 0 Å². The Hall–Kier alpha value is -0.570. The first-order valence-electron chi connectivity index (χ1n) is 5.24. The fourth-order valence-electron chi connectivity index (χ4n) is 2.16. The topological polar surface area (TPSA) is 55.1 Å². The lowest BCUT2D eigenvalue weighted by atomic mass is 9.88. The third-order valence-electron chi connectivity index (χ3n) is 2.75. The summed E-state index contributed by atoms with van der Waals surface area (Å²) >= 11 is 0. The number of nitrogens with two attached hydrogens (primary N) is 1. The van der Waals surface area contributed by atoms with Gasteiger partial charge in [0.1, 0.15) is 0 Å². The minimum Gasteiger partial charge on any atom is -0.370 e. The number of nitrogens with one attached hydrogen (secondary N) is 1. The van der Waals surface area contributed by atoms with E-state index in [9.17, 15) is 4.79 Å². The zero-order valence-corrected chi connectivity index (χ0v) is 8.38. The number of piperidine rings is 1. The summed E-state index contributed by atoms with van der Waals surface area (Å²) in [6.07, 6.45) is 5.41. The number of hydrogen-bond acceptors (Lipinski definition) is 2. The molecule has 13 heavy (non-hydrogen) atoms. The van der Waals surface area contributed by atoms with Crippen molar-refractivity contribution >= 4 is 5.91 Å². The normalized spacial score (nSPS) is 28.7. The van der Waals surface area contributed by atoms with Gasteiger partial charge in [0.2, 0.25) is 5.91 Å². The predicted octanol–water partition coefficient (Wildman–Crippen LogP) is 1.03. The first-order valence-corrected chi connectivity index (χ1v) is 5.24. The molecule has 0 spiro atoms.